The Morgan fingerprint density at radius 3 is 2.59 bits per heavy atom. The van der Waals surface area contributed by atoms with Gasteiger partial charge in [-0.05, 0) is 77.7 Å². The third-order valence-electron chi connectivity index (χ3n) is 7.11. The molecule has 1 aromatic heterocycles. The van der Waals surface area contributed by atoms with Crippen LogP contribution >= 0.6 is 15.9 Å². The smallest absolute Gasteiger partial charge is 0.281 e. The van der Waals surface area contributed by atoms with Crippen LogP contribution in [0.1, 0.15) is 97.7 Å². The zero-order valence-corrected chi connectivity index (χ0v) is 22.0. The van der Waals surface area contributed by atoms with Gasteiger partial charge in [0.2, 0.25) is 0 Å². The van der Waals surface area contributed by atoms with Gasteiger partial charge in [-0.3, -0.25) is 9.36 Å². The average Bonchev–Trinajstić information content (AvgIpc) is 2.78. The SMILES string of the molecule is CCCCCC(CCC)C1C=CC(n2c(C(C)CC)nc(=O)c3c(Br)cccc32)=C(C)C1. The standard InChI is InChI=1S/C28H39BrN2O/c1-6-9-10-13-21(12-7-2)22-16-17-24(20(5)18-22)31-25-15-11-14-23(29)26(25)28(32)30-27(31)19(4)8-3/h11,14-17,19,21-22H,6-10,12-13,18H2,1-5H3. The molecule has 0 saturated heterocycles. The summed E-state index contributed by atoms with van der Waals surface area (Å²) in [4.78, 5) is 17.5. The predicted molar refractivity (Wildman–Crippen MR) is 141 cm³/mol. The predicted octanol–water partition coefficient (Wildman–Crippen LogP) is 8.48. The van der Waals surface area contributed by atoms with Crippen molar-refractivity contribution in [3.05, 3.63) is 56.6 Å². The van der Waals surface area contributed by atoms with E-state index >= 15 is 0 Å². The van der Waals surface area contributed by atoms with Crippen molar-refractivity contribution in [3.8, 4) is 0 Å². The Labute approximate surface area is 202 Å². The van der Waals surface area contributed by atoms with Crippen molar-refractivity contribution in [1.29, 1.82) is 0 Å². The molecule has 2 aromatic rings. The topological polar surface area (TPSA) is 34.9 Å². The summed E-state index contributed by atoms with van der Waals surface area (Å²) in [5.41, 5.74) is 3.38. The van der Waals surface area contributed by atoms with Crippen molar-refractivity contribution in [2.24, 2.45) is 11.8 Å². The Morgan fingerprint density at radius 1 is 1.16 bits per heavy atom. The molecule has 174 valence electrons. The van der Waals surface area contributed by atoms with Crippen LogP contribution in [0, 0.1) is 11.8 Å². The van der Waals surface area contributed by atoms with E-state index in [-0.39, 0.29) is 11.5 Å². The number of nitrogens with zero attached hydrogens (tertiary/aromatic N) is 2. The first-order valence-electron chi connectivity index (χ1n) is 12.5. The summed E-state index contributed by atoms with van der Waals surface area (Å²) in [5.74, 6) is 2.44. The monoisotopic (exact) mass is 498 g/mol. The van der Waals surface area contributed by atoms with Crippen molar-refractivity contribution in [2.45, 2.75) is 91.9 Å². The van der Waals surface area contributed by atoms with E-state index in [4.69, 9.17) is 0 Å². The lowest BCUT2D eigenvalue weighted by atomic mass is 9.78. The van der Waals surface area contributed by atoms with Gasteiger partial charge in [0.15, 0.2) is 0 Å². The van der Waals surface area contributed by atoms with E-state index in [1.165, 1.54) is 49.8 Å². The first-order valence-corrected chi connectivity index (χ1v) is 13.3. The molecule has 0 saturated carbocycles. The highest BCUT2D eigenvalue weighted by Crippen LogP contribution is 2.37. The molecule has 0 radical (unpaired) electrons. The number of hydrogen-bond acceptors (Lipinski definition) is 2. The zero-order valence-electron chi connectivity index (χ0n) is 20.5. The molecule has 4 heteroatoms. The molecule has 3 nitrogen and oxygen atoms in total. The Balaban J connectivity index is 2.06. The summed E-state index contributed by atoms with van der Waals surface area (Å²) in [6, 6.07) is 6.00. The quantitative estimate of drug-likeness (QED) is 0.307. The Morgan fingerprint density at radius 2 is 1.94 bits per heavy atom. The van der Waals surface area contributed by atoms with Crippen LogP contribution in [0.3, 0.4) is 0 Å². The Bertz CT molecular complexity index is 1050. The molecule has 1 aromatic carbocycles. The van der Waals surface area contributed by atoms with E-state index in [0.29, 0.717) is 11.3 Å². The summed E-state index contributed by atoms with van der Waals surface area (Å²) < 4.78 is 3.07. The number of allylic oxidation sites excluding steroid dienone is 4. The average molecular weight is 500 g/mol. The fourth-order valence-corrected chi connectivity index (χ4v) is 5.61. The van der Waals surface area contributed by atoms with Crippen molar-refractivity contribution in [3.63, 3.8) is 0 Å². The maximum Gasteiger partial charge on any atom is 0.281 e. The Kier molecular flexibility index (Phi) is 8.93. The minimum Gasteiger partial charge on any atom is -0.297 e. The minimum absolute atomic E-state index is 0.145. The van der Waals surface area contributed by atoms with Gasteiger partial charge in [0.1, 0.15) is 5.82 Å². The van der Waals surface area contributed by atoms with Gasteiger partial charge in [-0.2, -0.15) is 4.98 Å². The van der Waals surface area contributed by atoms with Gasteiger partial charge in [0, 0.05) is 16.1 Å². The maximum atomic E-state index is 12.9. The maximum absolute atomic E-state index is 12.9. The highest BCUT2D eigenvalue weighted by atomic mass is 79.9. The molecule has 0 amide bonds. The van der Waals surface area contributed by atoms with Gasteiger partial charge in [0.25, 0.3) is 5.56 Å². The third-order valence-corrected chi connectivity index (χ3v) is 7.77. The number of hydrogen-bond donors (Lipinski definition) is 0. The van der Waals surface area contributed by atoms with Gasteiger partial charge in [0.05, 0.1) is 10.9 Å². The molecule has 3 atom stereocenters. The van der Waals surface area contributed by atoms with E-state index in [1.807, 2.05) is 12.1 Å². The summed E-state index contributed by atoms with van der Waals surface area (Å²) >= 11 is 3.59. The molecular formula is C28H39BrN2O. The number of halogens is 1. The molecule has 0 bridgehead atoms. The molecule has 1 heterocycles. The van der Waals surface area contributed by atoms with E-state index in [0.717, 1.165) is 34.6 Å². The van der Waals surface area contributed by atoms with Crippen LogP contribution in [0.5, 0.6) is 0 Å². The normalized spacial score (nSPS) is 18.4. The number of aromatic nitrogens is 2. The summed E-state index contributed by atoms with van der Waals surface area (Å²) in [6.45, 7) is 11.2. The second-order valence-corrected chi connectivity index (χ2v) is 10.3. The first kappa shape index (κ1) is 25.0. The lowest BCUT2D eigenvalue weighted by Gasteiger charge is -2.30. The second-order valence-electron chi connectivity index (χ2n) is 9.49. The molecule has 0 N–H and O–H groups in total. The van der Waals surface area contributed by atoms with Crippen molar-refractivity contribution < 1.29 is 0 Å². The number of benzene rings is 1. The van der Waals surface area contributed by atoms with E-state index in [9.17, 15) is 4.79 Å². The lowest BCUT2D eigenvalue weighted by molar-refractivity contribution is 0.327. The van der Waals surface area contributed by atoms with Crippen LogP contribution in [0.4, 0.5) is 0 Å². The molecule has 1 aliphatic rings. The van der Waals surface area contributed by atoms with Crippen LogP contribution in [0.2, 0.25) is 0 Å². The van der Waals surface area contributed by atoms with Gasteiger partial charge in [-0.1, -0.05) is 71.9 Å². The molecule has 0 spiro atoms. The summed E-state index contributed by atoms with van der Waals surface area (Å²) in [7, 11) is 0. The number of rotatable bonds is 10. The van der Waals surface area contributed by atoms with Crippen LogP contribution in [-0.4, -0.2) is 9.55 Å². The molecule has 0 aliphatic heterocycles. The van der Waals surface area contributed by atoms with Gasteiger partial charge < -0.3 is 0 Å². The largest absolute Gasteiger partial charge is 0.297 e. The molecule has 1 aliphatic carbocycles. The fourth-order valence-electron chi connectivity index (χ4n) is 5.08. The second kappa shape index (κ2) is 11.4. The molecule has 0 fully saturated rings. The van der Waals surface area contributed by atoms with Crippen molar-refractivity contribution in [2.75, 3.05) is 0 Å². The molecular weight excluding hydrogens is 460 g/mol. The van der Waals surface area contributed by atoms with Gasteiger partial charge in [-0.25, -0.2) is 0 Å². The molecule has 3 rings (SSSR count). The lowest BCUT2D eigenvalue weighted by Crippen LogP contribution is -2.23. The molecule has 3 unspecified atom stereocenters. The minimum atomic E-state index is -0.145. The summed E-state index contributed by atoms with van der Waals surface area (Å²) in [6.07, 6.45) is 14.6. The van der Waals surface area contributed by atoms with Crippen LogP contribution in [0.25, 0.3) is 16.6 Å². The van der Waals surface area contributed by atoms with Crippen molar-refractivity contribution >= 4 is 32.5 Å². The van der Waals surface area contributed by atoms with E-state index < -0.39 is 0 Å². The molecule has 32 heavy (non-hydrogen) atoms. The first-order chi connectivity index (χ1) is 15.4. The van der Waals surface area contributed by atoms with Crippen molar-refractivity contribution in [1.82, 2.24) is 9.55 Å². The van der Waals surface area contributed by atoms with Crippen LogP contribution in [0.15, 0.2) is 45.2 Å². The summed E-state index contributed by atoms with van der Waals surface area (Å²) in [5, 5.41) is 0.666. The van der Waals surface area contributed by atoms with E-state index in [1.54, 1.807) is 0 Å². The number of fused-ring (bicyclic) bond motifs is 1. The van der Waals surface area contributed by atoms with Crippen LogP contribution < -0.4 is 5.56 Å². The Hall–Kier alpha value is -1.68. The number of unbranched alkanes of at least 4 members (excludes halogenated alkanes) is 2. The highest BCUT2D eigenvalue weighted by Gasteiger charge is 2.25. The fraction of sp³-hybridized carbons (Fsp3) is 0.571. The van der Waals surface area contributed by atoms with Gasteiger partial charge in [-0.15, -0.1) is 0 Å². The van der Waals surface area contributed by atoms with Gasteiger partial charge >= 0.3 is 0 Å². The van der Waals surface area contributed by atoms with Crippen LogP contribution in [-0.2, 0) is 0 Å². The zero-order chi connectivity index (χ0) is 23.3. The highest BCUT2D eigenvalue weighted by molar-refractivity contribution is 9.10. The van der Waals surface area contributed by atoms with E-state index in [2.05, 4.69) is 78.3 Å². The third kappa shape index (κ3) is 5.27.